The van der Waals surface area contributed by atoms with E-state index in [-0.39, 0.29) is 11.4 Å². The van der Waals surface area contributed by atoms with E-state index in [4.69, 9.17) is 5.41 Å². The van der Waals surface area contributed by atoms with Crippen LogP contribution in [0.5, 0.6) is 0 Å². The minimum absolute atomic E-state index is 0.111. The summed E-state index contributed by atoms with van der Waals surface area (Å²) in [6, 6.07) is 20.5. The molecule has 3 heterocycles. The molecule has 2 aromatic carbocycles. The maximum absolute atomic E-state index is 12.8. The Hall–Kier alpha value is -3.36. The lowest BCUT2D eigenvalue weighted by Crippen LogP contribution is -2.41. The number of aliphatic imine (C=N–C) groups is 1. The van der Waals surface area contributed by atoms with Gasteiger partial charge in [0.2, 0.25) is 5.17 Å². The van der Waals surface area contributed by atoms with Crippen LogP contribution in [0.3, 0.4) is 0 Å². The van der Waals surface area contributed by atoms with Crippen LogP contribution in [0.2, 0.25) is 0 Å². The number of fused-ring (bicyclic) bond motifs is 1. The number of aryl methyl sites for hydroxylation is 2. The maximum atomic E-state index is 12.8. The number of hydrogen-bond acceptors (Lipinski definition) is 5. The number of thioether (sulfide) groups is 1. The molecule has 0 spiro atoms. The maximum Gasteiger partial charge on any atom is 0.283 e. The standard InChI is InChI=1S/C26H23N5OS2/c1-16-9-11-21(12-10-16)30-17(2)13-20(18(30)3)14-22-23(27)31-25(28-24(22)32)34-29-26(31)33-15-19-7-5-4-6-8-19/h4-14,27H,15H2,1-3H3/b22-14+,27-23?. The van der Waals surface area contributed by atoms with Gasteiger partial charge < -0.3 is 4.57 Å². The van der Waals surface area contributed by atoms with Crippen molar-refractivity contribution in [1.29, 1.82) is 5.41 Å². The molecule has 170 valence electrons. The second-order valence-electron chi connectivity index (χ2n) is 8.18. The fraction of sp³-hybridized carbons (Fsp3) is 0.154. The molecule has 5 rings (SSSR count). The van der Waals surface area contributed by atoms with Crippen LogP contribution in [0.15, 0.2) is 75.6 Å². The molecule has 8 heteroatoms. The molecule has 0 radical (unpaired) electrons. The molecule has 0 bridgehead atoms. The third kappa shape index (κ3) is 4.15. The summed E-state index contributed by atoms with van der Waals surface area (Å²) in [4.78, 5) is 18.7. The first-order valence-corrected chi connectivity index (χ1v) is 12.6. The lowest BCUT2D eigenvalue weighted by Gasteiger charge is -2.24. The second-order valence-corrected chi connectivity index (χ2v) is 9.85. The molecule has 1 N–H and O–H groups in total. The van der Waals surface area contributed by atoms with E-state index in [0.29, 0.717) is 10.3 Å². The average Bonchev–Trinajstić information content (AvgIpc) is 3.36. The highest BCUT2D eigenvalue weighted by Crippen LogP contribution is 2.33. The number of carbonyl (C=O) groups excluding carboxylic acids is 1. The van der Waals surface area contributed by atoms with Gasteiger partial charge in [-0.05, 0) is 56.2 Å². The monoisotopic (exact) mass is 485 g/mol. The van der Waals surface area contributed by atoms with Gasteiger partial charge in [-0.1, -0.05) is 59.8 Å². The van der Waals surface area contributed by atoms with E-state index in [9.17, 15) is 4.79 Å². The van der Waals surface area contributed by atoms with Gasteiger partial charge in [0.15, 0.2) is 5.17 Å². The lowest BCUT2D eigenvalue weighted by molar-refractivity contribution is -0.114. The molecule has 0 saturated heterocycles. The topological polar surface area (TPSA) is 73.8 Å². The van der Waals surface area contributed by atoms with Crippen molar-refractivity contribution in [2.24, 2.45) is 9.39 Å². The van der Waals surface area contributed by atoms with Gasteiger partial charge in [0.05, 0.1) is 17.5 Å². The summed E-state index contributed by atoms with van der Waals surface area (Å²) in [5.41, 5.74) is 6.67. The Morgan fingerprint density at radius 2 is 1.79 bits per heavy atom. The van der Waals surface area contributed by atoms with Crippen molar-refractivity contribution in [2.45, 2.75) is 26.5 Å². The van der Waals surface area contributed by atoms with Gasteiger partial charge in [-0.2, -0.15) is 9.39 Å². The molecule has 0 unspecified atom stereocenters. The molecular formula is C26H23N5OS2. The molecule has 2 aliphatic rings. The molecule has 1 amide bonds. The predicted octanol–water partition coefficient (Wildman–Crippen LogP) is 5.91. The fourth-order valence-electron chi connectivity index (χ4n) is 4.00. The molecule has 2 aliphatic heterocycles. The normalized spacial score (nSPS) is 16.7. The Morgan fingerprint density at radius 1 is 1.06 bits per heavy atom. The number of amidine groups is 3. The first kappa shape index (κ1) is 22.4. The zero-order valence-corrected chi connectivity index (χ0v) is 20.7. The zero-order chi connectivity index (χ0) is 23.8. The molecule has 1 aromatic heterocycles. The largest absolute Gasteiger partial charge is 0.318 e. The highest BCUT2D eigenvalue weighted by atomic mass is 32.2. The van der Waals surface area contributed by atoms with Crippen molar-refractivity contribution in [3.05, 3.63) is 94.3 Å². The summed E-state index contributed by atoms with van der Waals surface area (Å²) < 4.78 is 6.63. The molecule has 0 aliphatic carbocycles. The molecule has 0 saturated carbocycles. The number of carbonyl (C=O) groups is 1. The highest BCUT2D eigenvalue weighted by Gasteiger charge is 2.37. The minimum atomic E-state index is -0.409. The van der Waals surface area contributed by atoms with E-state index in [2.05, 4.69) is 57.3 Å². The third-order valence-electron chi connectivity index (χ3n) is 5.77. The summed E-state index contributed by atoms with van der Waals surface area (Å²) in [6.45, 7) is 6.14. The lowest BCUT2D eigenvalue weighted by atomic mass is 10.1. The Balaban J connectivity index is 1.44. The summed E-state index contributed by atoms with van der Waals surface area (Å²) in [7, 11) is 0. The Bertz CT molecular complexity index is 1380. The van der Waals surface area contributed by atoms with Gasteiger partial charge in [0.25, 0.3) is 5.91 Å². The molecule has 34 heavy (non-hydrogen) atoms. The third-order valence-corrected chi connectivity index (χ3v) is 7.59. The Labute approximate surface area is 207 Å². The van der Waals surface area contributed by atoms with Crippen LogP contribution < -0.4 is 0 Å². The summed E-state index contributed by atoms with van der Waals surface area (Å²) in [5, 5.41) is 9.93. The van der Waals surface area contributed by atoms with Gasteiger partial charge in [-0.15, -0.1) is 0 Å². The SMILES string of the molecule is Cc1ccc(-n2c(C)cc(/C=C3\C(=N)N4C(SCc5ccccc5)=NSC4=NC3=O)c2C)cc1. The zero-order valence-electron chi connectivity index (χ0n) is 19.1. The van der Waals surface area contributed by atoms with E-state index in [1.807, 2.05) is 38.1 Å². The molecule has 3 aromatic rings. The second kappa shape index (κ2) is 9.12. The Kier molecular flexibility index (Phi) is 6.02. The van der Waals surface area contributed by atoms with Crippen molar-refractivity contribution < 1.29 is 4.79 Å². The van der Waals surface area contributed by atoms with Crippen LogP contribution in [-0.4, -0.2) is 31.5 Å². The highest BCUT2D eigenvalue weighted by molar-refractivity contribution is 8.18. The number of amides is 1. The summed E-state index contributed by atoms with van der Waals surface area (Å²) in [5.74, 6) is 0.426. The predicted molar refractivity (Wildman–Crippen MR) is 143 cm³/mol. The quantitative estimate of drug-likeness (QED) is 0.368. The van der Waals surface area contributed by atoms with E-state index >= 15 is 0 Å². The van der Waals surface area contributed by atoms with Crippen molar-refractivity contribution >= 4 is 51.9 Å². The average molecular weight is 486 g/mol. The van der Waals surface area contributed by atoms with E-state index in [1.165, 1.54) is 22.9 Å². The van der Waals surface area contributed by atoms with Crippen molar-refractivity contribution in [2.75, 3.05) is 0 Å². The molecular weight excluding hydrogens is 462 g/mol. The van der Waals surface area contributed by atoms with E-state index in [0.717, 1.165) is 40.3 Å². The number of aromatic nitrogens is 1. The molecule has 0 fully saturated rings. The van der Waals surface area contributed by atoms with Gasteiger partial charge in [0, 0.05) is 22.8 Å². The minimum Gasteiger partial charge on any atom is -0.318 e. The smallest absolute Gasteiger partial charge is 0.283 e. The van der Waals surface area contributed by atoms with Gasteiger partial charge in [-0.3, -0.25) is 10.2 Å². The number of nitrogens with one attached hydrogen (secondary N) is 1. The summed E-state index contributed by atoms with van der Waals surface area (Å²) >= 11 is 2.68. The number of rotatable bonds is 4. The van der Waals surface area contributed by atoms with Gasteiger partial charge in [0.1, 0.15) is 5.84 Å². The van der Waals surface area contributed by atoms with Gasteiger partial charge in [-0.25, -0.2) is 4.90 Å². The van der Waals surface area contributed by atoms with Gasteiger partial charge >= 0.3 is 0 Å². The van der Waals surface area contributed by atoms with Crippen LogP contribution in [0, 0.1) is 26.2 Å². The van der Waals surface area contributed by atoms with Crippen LogP contribution in [0.4, 0.5) is 0 Å². The van der Waals surface area contributed by atoms with Crippen molar-refractivity contribution in [3.63, 3.8) is 0 Å². The molecule has 0 atom stereocenters. The molecule has 6 nitrogen and oxygen atoms in total. The van der Waals surface area contributed by atoms with Crippen LogP contribution in [-0.2, 0) is 10.5 Å². The number of nitrogens with zero attached hydrogens (tertiary/aromatic N) is 4. The van der Waals surface area contributed by atoms with Crippen LogP contribution >= 0.6 is 23.7 Å². The van der Waals surface area contributed by atoms with Crippen LogP contribution in [0.25, 0.3) is 11.8 Å². The van der Waals surface area contributed by atoms with Crippen molar-refractivity contribution in [1.82, 2.24) is 9.47 Å². The Morgan fingerprint density at radius 3 is 2.53 bits per heavy atom. The van der Waals surface area contributed by atoms with Crippen molar-refractivity contribution in [3.8, 4) is 5.69 Å². The van der Waals surface area contributed by atoms with Crippen LogP contribution in [0.1, 0.15) is 28.1 Å². The number of benzene rings is 2. The number of hydrogen-bond donors (Lipinski definition) is 1. The van der Waals surface area contributed by atoms with E-state index in [1.54, 1.807) is 11.0 Å². The first-order chi connectivity index (χ1) is 16.4. The van der Waals surface area contributed by atoms with E-state index < -0.39 is 5.91 Å². The first-order valence-electron chi connectivity index (χ1n) is 10.8. The summed E-state index contributed by atoms with van der Waals surface area (Å²) in [6.07, 6.45) is 1.78. The fourth-order valence-corrected chi connectivity index (χ4v) is 5.80.